The van der Waals surface area contributed by atoms with Crippen molar-refractivity contribution in [3.8, 4) is 28.6 Å². The second kappa shape index (κ2) is 9.70. The van der Waals surface area contributed by atoms with E-state index in [1.807, 2.05) is 12.1 Å². The quantitative estimate of drug-likeness (QED) is 0.473. The van der Waals surface area contributed by atoms with Crippen LogP contribution in [0.4, 0.5) is 23.2 Å². The van der Waals surface area contributed by atoms with Gasteiger partial charge in [0.2, 0.25) is 5.82 Å². The van der Waals surface area contributed by atoms with Gasteiger partial charge < -0.3 is 19.3 Å². The van der Waals surface area contributed by atoms with E-state index in [0.717, 1.165) is 17.8 Å². The topological polar surface area (TPSA) is 88.7 Å². The number of carbonyl (C=O) groups is 1. The molecule has 11 heteroatoms. The molecule has 0 aliphatic carbocycles. The molecule has 1 aromatic heterocycles. The Labute approximate surface area is 192 Å². The second-order valence-electron chi connectivity index (χ2n) is 7.82. The van der Waals surface area contributed by atoms with Gasteiger partial charge in [-0.05, 0) is 55.3 Å². The van der Waals surface area contributed by atoms with Crippen molar-refractivity contribution < 1.29 is 36.7 Å². The third kappa shape index (κ3) is 5.13. The molecule has 1 aliphatic heterocycles. The summed E-state index contributed by atoms with van der Waals surface area (Å²) in [5.41, 5.74) is 0.527. The van der Waals surface area contributed by atoms with E-state index in [1.54, 1.807) is 12.1 Å². The van der Waals surface area contributed by atoms with Crippen LogP contribution >= 0.6 is 0 Å². The summed E-state index contributed by atoms with van der Waals surface area (Å²) in [6.45, 7) is -0.128. The van der Waals surface area contributed by atoms with E-state index in [9.17, 15) is 22.4 Å². The van der Waals surface area contributed by atoms with Crippen molar-refractivity contribution in [2.24, 2.45) is 5.92 Å². The molecule has 0 saturated carbocycles. The Morgan fingerprint density at radius 1 is 1.12 bits per heavy atom. The van der Waals surface area contributed by atoms with Crippen LogP contribution in [0.3, 0.4) is 0 Å². The lowest BCUT2D eigenvalue weighted by atomic mass is 9.96. The molecule has 2 aromatic carbocycles. The summed E-state index contributed by atoms with van der Waals surface area (Å²) in [4.78, 5) is 17.4. The summed E-state index contributed by atoms with van der Waals surface area (Å²) in [7, 11) is 0. The number of alkyl halides is 4. The molecule has 2 heterocycles. The Hall–Kier alpha value is -3.63. The summed E-state index contributed by atoms with van der Waals surface area (Å²) >= 11 is 0. The second-order valence-corrected chi connectivity index (χ2v) is 7.82. The third-order valence-electron chi connectivity index (χ3n) is 5.63. The van der Waals surface area contributed by atoms with Gasteiger partial charge in [0.05, 0.1) is 11.5 Å². The van der Waals surface area contributed by atoms with Crippen LogP contribution in [0.2, 0.25) is 0 Å². The van der Waals surface area contributed by atoms with Crippen molar-refractivity contribution in [1.29, 1.82) is 0 Å². The Morgan fingerprint density at radius 2 is 1.79 bits per heavy atom. The van der Waals surface area contributed by atoms with Crippen LogP contribution in [0.15, 0.2) is 47.0 Å². The molecular formula is C23H21F4N3O4. The largest absolute Gasteiger partial charge is 0.490 e. The molecule has 0 atom stereocenters. The molecular weight excluding hydrogens is 458 g/mol. The van der Waals surface area contributed by atoms with Gasteiger partial charge in [0.25, 0.3) is 5.89 Å². The Balaban J connectivity index is 1.51. The van der Waals surface area contributed by atoms with Crippen LogP contribution in [0.25, 0.3) is 22.8 Å². The van der Waals surface area contributed by atoms with Crippen molar-refractivity contribution in [2.45, 2.75) is 19.0 Å². The maximum Gasteiger partial charge on any atom is 0.419 e. The minimum Gasteiger partial charge on any atom is -0.490 e. The van der Waals surface area contributed by atoms with Crippen molar-refractivity contribution in [3.05, 3.63) is 48.0 Å². The Morgan fingerprint density at radius 3 is 2.41 bits per heavy atom. The van der Waals surface area contributed by atoms with Gasteiger partial charge in [-0.1, -0.05) is 5.16 Å². The predicted molar refractivity (Wildman–Crippen MR) is 114 cm³/mol. The van der Waals surface area contributed by atoms with E-state index >= 15 is 0 Å². The average molecular weight is 479 g/mol. The van der Waals surface area contributed by atoms with Crippen LogP contribution in [-0.2, 0) is 11.0 Å². The van der Waals surface area contributed by atoms with Gasteiger partial charge in [0.15, 0.2) is 0 Å². The summed E-state index contributed by atoms with van der Waals surface area (Å²) < 4.78 is 62.6. The zero-order valence-electron chi connectivity index (χ0n) is 17.9. The molecule has 1 fully saturated rings. The molecule has 0 amide bonds. The molecule has 1 aliphatic rings. The van der Waals surface area contributed by atoms with Crippen molar-refractivity contribution >= 4 is 11.7 Å². The van der Waals surface area contributed by atoms with Crippen LogP contribution in [-0.4, -0.2) is 47.6 Å². The van der Waals surface area contributed by atoms with Gasteiger partial charge in [0.1, 0.15) is 19.0 Å². The number of nitrogens with zero attached hydrogens (tertiary/aromatic N) is 3. The van der Waals surface area contributed by atoms with Gasteiger partial charge >= 0.3 is 12.1 Å². The first-order valence-corrected chi connectivity index (χ1v) is 10.6. The van der Waals surface area contributed by atoms with Crippen LogP contribution < -0.4 is 9.64 Å². The number of hydrogen-bond acceptors (Lipinski definition) is 6. The molecule has 3 aromatic rings. The molecule has 4 rings (SSSR count). The normalized spacial score (nSPS) is 14.9. The minimum absolute atomic E-state index is 0.0524. The van der Waals surface area contributed by atoms with Gasteiger partial charge in [0, 0.05) is 29.9 Å². The van der Waals surface area contributed by atoms with E-state index in [0.29, 0.717) is 31.5 Å². The number of aliphatic carboxylic acids is 1. The van der Waals surface area contributed by atoms with Gasteiger partial charge in [-0.2, -0.15) is 18.2 Å². The highest BCUT2D eigenvalue weighted by molar-refractivity contribution is 5.70. The highest BCUT2D eigenvalue weighted by atomic mass is 19.4. The number of benzene rings is 2. The third-order valence-corrected chi connectivity index (χ3v) is 5.63. The summed E-state index contributed by atoms with van der Waals surface area (Å²) in [6, 6.07) is 10.5. The van der Waals surface area contributed by atoms with Gasteiger partial charge in [-0.25, -0.2) is 4.39 Å². The van der Waals surface area contributed by atoms with Gasteiger partial charge in [-0.3, -0.25) is 4.79 Å². The fraction of sp³-hybridized carbons (Fsp3) is 0.348. The smallest absolute Gasteiger partial charge is 0.419 e. The van der Waals surface area contributed by atoms with Crippen molar-refractivity contribution in [1.82, 2.24) is 10.1 Å². The number of hydrogen-bond donors (Lipinski definition) is 1. The number of aromatic nitrogens is 2. The molecule has 0 bridgehead atoms. The van der Waals surface area contributed by atoms with Gasteiger partial charge in [-0.15, -0.1) is 0 Å². The fourth-order valence-corrected chi connectivity index (χ4v) is 3.82. The summed E-state index contributed by atoms with van der Waals surface area (Å²) in [5.74, 6) is -1.46. The highest BCUT2D eigenvalue weighted by Gasteiger charge is 2.35. The first-order chi connectivity index (χ1) is 16.3. The van der Waals surface area contributed by atoms with E-state index in [-0.39, 0.29) is 23.2 Å². The number of piperidine rings is 1. The lowest BCUT2D eigenvalue weighted by molar-refractivity contribution is -0.142. The Kier molecular flexibility index (Phi) is 6.71. The monoisotopic (exact) mass is 479 g/mol. The van der Waals surface area contributed by atoms with E-state index in [1.165, 1.54) is 6.07 Å². The standard InChI is InChI=1S/C23H21F4N3O4/c24-9-12-33-19-6-3-16(13-18(19)23(25,26)27)21-28-20(29-34-21)14-1-4-17(5-2-14)30-10-7-15(8-11-30)22(31)32/h1-6,13,15H,7-12H2,(H,31,32). The minimum atomic E-state index is -4.71. The maximum atomic E-state index is 13.4. The van der Waals surface area contributed by atoms with Crippen molar-refractivity contribution in [2.75, 3.05) is 31.3 Å². The number of ether oxygens (including phenoxy) is 1. The lowest BCUT2D eigenvalue weighted by Crippen LogP contribution is -2.36. The molecule has 7 nitrogen and oxygen atoms in total. The zero-order valence-corrected chi connectivity index (χ0v) is 17.9. The lowest BCUT2D eigenvalue weighted by Gasteiger charge is -2.31. The fourth-order valence-electron chi connectivity index (χ4n) is 3.82. The predicted octanol–water partition coefficient (Wildman–Crippen LogP) is 5.07. The summed E-state index contributed by atoms with van der Waals surface area (Å²) in [6.07, 6.45) is -3.56. The van der Waals surface area contributed by atoms with Crippen molar-refractivity contribution in [3.63, 3.8) is 0 Å². The SMILES string of the molecule is O=C(O)C1CCN(c2ccc(-c3noc(-c4ccc(OCCF)c(C(F)(F)F)c4)n3)cc2)CC1. The zero-order chi connectivity index (χ0) is 24.3. The highest BCUT2D eigenvalue weighted by Crippen LogP contribution is 2.39. The first-order valence-electron chi connectivity index (χ1n) is 10.6. The average Bonchev–Trinajstić information content (AvgIpc) is 3.32. The molecule has 1 saturated heterocycles. The van der Waals surface area contributed by atoms with Crippen LogP contribution in [0, 0.1) is 5.92 Å². The molecule has 34 heavy (non-hydrogen) atoms. The molecule has 0 radical (unpaired) electrons. The molecule has 0 spiro atoms. The van der Waals surface area contributed by atoms with E-state index in [4.69, 9.17) is 14.4 Å². The molecule has 180 valence electrons. The molecule has 1 N–H and O–H groups in total. The number of carboxylic acid groups (broad SMARTS) is 1. The number of halogens is 4. The van der Waals surface area contributed by atoms with E-state index < -0.39 is 36.7 Å². The first kappa shape index (κ1) is 23.5. The van der Waals surface area contributed by atoms with Crippen LogP contribution in [0.1, 0.15) is 18.4 Å². The Bertz CT molecular complexity index is 1140. The maximum absolute atomic E-state index is 13.4. The number of rotatable bonds is 7. The van der Waals surface area contributed by atoms with E-state index in [2.05, 4.69) is 15.0 Å². The number of anilines is 1. The number of carboxylic acids is 1. The molecule has 0 unspecified atom stereocenters. The van der Waals surface area contributed by atoms with Crippen LogP contribution in [0.5, 0.6) is 5.75 Å². The summed E-state index contributed by atoms with van der Waals surface area (Å²) in [5, 5.41) is 13.0.